The first-order chi connectivity index (χ1) is 8.60. The maximum absolute atomic E-state index is 6.00. The van der Waals surface area contributed by atoms with Crippen LogP contribution in [0.15, 0.2) is 24.7 Å². The maximum atomic E-state index is 6.00. The second kappa shape index (κ2) is 5.50. The molecule has 1 atom stereocenters. The Morgan fingerprint density at radius 2 is 2.22 bits per heavy atom. The summed E-state index contributed by atoms with van der Waals surface area (Å²) in [6, 6.07) is 2.22. The molecular weight excluding hydrogens is 248 g/mol. The van der Waals surface area contributed by atoms with Gasteiger partial charge in [-0.15, -0.1) is 0 Å². The number of hydrogen-bond donors (Lipinski definition) is 1. The Hall–Kier alpha value is -1.39. The van der Waals surface area contributed by atoms with Crippen molar-refractivity contribution >= 4 is 11.6 Å². The largest absolute Gasteiger partial charge is 0.327 e. The highest BCUT2D eigenvalue weighted by molar-refractivity contribution is 6.31. The van der Waals surface area contributed by atoms with E-state index in [9.17, 15) is 0 Å². The molecule has 0 spiro atoms. The smallest absolute Gasteiger partial charge is 0.0832 e. The SMILES string of the molecule is CCC(N)Cc1cncc(-n2cc(Cl)c(C)n2)c1. The maximum Gasteiger partial charge on any atom is 0.0832 e. The van der Waals surface area contributed by atoms with Crippen molar-refractivity contribution in [1.29, 1.82) is 0 Å². The summed E-state index contributed by atoms with van der Waals surface area (Å²) in [4.78, 5) is 4.23. The van der Waals surface area contributed by atoms with Crippen LogP contribution in [-0.4, -0.2) is 20.8 Å². The lowest BCUT2D eigenvalue weighted by Crippen LogP contribution is -2.21. The summed E-state index contributed by atoms with van der Waals surface area (Å²) in [5.74, 6) is 0. The zero-order valence-electron chi connectivity index (χ0n) is 10.6. The molecule has 1 unspecified atom stereocenters. The molecule has 0 aliphatic carbocycles. The molecule has 0 radical (unpaired) electrons. The summed E-state index contributed by atoms with van der Waals surface area (Å²) in [5, 5.41) is 4.99. The van der Waals surface area contributed by atoms with E-state index < -0.39 is 0 Å². The second-order valence-electron chi connectivity index (χ2n) is 4.43. The third-order valence-corrected chi connectivity index (χ3v) is 3.28. The monoisotopic (exact) mass is 264 g/mol. The van der Waals surface area contributed by atoms with Crippen LogP contribution in [0.2, 0.25) is 5.02 Å². The fraction of sp³-hybridized carbons (Fsp3) is 0.385. The molecule has 96 valence electrons. The Kier molecular flexibility index (Phi) is 3.99. The lowest BCUT2D eigenvalue weighted by atomic mass is 10.1. The highest BCUT2D eigenvalue weighted by Crippen LogP contribution is 2.16. The second-order valence-corrected chi connectivity index (χ2v) is 4.84. The van der Waals surface area contributed by atoms with E-state index in [4.69, 9.17) is 17.3 Å². The standard InChI is InChI=1S/C13H17ClN4/c1-3-11(15)4-10-5-12(7-16-6-10)18-8-13(14)9(2)17-18/h5-8,11H,3-4,15H2,1-2H3. The molecule has 2 aromatic heterocycles. The molecule has 18 heavy (non-hydrogen) atoms. The van der Waals surface area contributed by atoms with Gasteiger partial charge in [-0.25, -0.2) is 4.68 Å². The molecule has 0 bridgehead atoms. The van der Waals surface area contributed by atoms with Crippen molar-refractivity contribution < 1.29 is 0 Å². The van der Waals surface area contributed by atoms with Gasteiger partial charge in [-0.3, -0.25) is 4.98 Å². The predicted molar refractivity (Wildman–Crippen MR) is 73.1 cm³/mol. The van der Waals surface area contributed by atoms with Gasteiger partial charge < -0.3 is 5.73 Å². The normalized spacial score (nSPS) is 12.7. The molecule has 0 aromatic carbocycles. The van der Waals surface area contributed by atoms with Crippen molar-refractivity contribution in [2.45, 2.75) is 32.7 Å². The number of rotatable bonds is 4. The average molecular weight is 265 g/mol. The Morgan fingerprint density at radius 3 is 2.83 bits per heavy atom. The number of pyridine rings is 1. The van der Waals surface area contributed by atoms with Crippen molar-refractivity contribution in [3.8, 4) is 5.69 Å². The Bertz CT molecular complexity index is 516. The van der Waals surface area contributed by atoms with Crippen molar-refractivity contribution in [2.75, 3.05) is 0 Å². The summed E-state index contributed by atoms with van der Waals surface area (Å²) in [6.45, 7) is 3.96. The number of aromatic nitrogens is 3. The first-order valence-corrected chi connectivity index (χ1v) is 6.39. The van der Waals surface area contributed by atoms with Crippen molar-refractivity contribution in [3.63, 3.8) is 0 Å². The molecular formula is C13H17ClN4. The van der Waals surface area contributed by atoms with Gasteiger partial charge in [0.15, 0.2) is 0 Å². The summed E-state index contributed by atoms with van der Waals surface area (Å²) in [6.07, 6.45) is 7.18. The van der Waals surface area contributed by atoms with Gasteiger partial charge in [-0.2, -0.15) is 5.10 Å². The fourth-order valence-corrected chi connectivity index (χ4v) is 1.86. The minimum absolute atomic E-state index is 0.171. The Labute approximate surface area is 112 Å². The van der Waals surface area contributed by atoms with E-state index in [2.05, 4.69) is 17.0 Å². The molecule has 0 amide bonds. The van der Waals surface area contributed by atoms with Gasteiger partial charge in [-0.05, 0) is 31.4 Å². The number of nitrogens with two attached hydrogens (primary N) is 1. The summed E-state index contributed by atoms with van der Waals surface area (Å²) >= 11 is 6.00. The number of nitrogens with zero attached hydrogens (tertiary/aromatic N) is 3. The van der Waals surface area contributed by atoms with Gasteiger partial charge in [0.1, 0.15) is 0 Å². The van der Waals surface area contributed by atoms with E-state index in [1.807, 2.05) is 19.2 Å². The molecule has 4 nitrogen and oxygen atoms in total. The van der Waals surface area contributed by atoms with Crippen LogP contribution in [-0.2, 0) is 6.42 Å². The van der Waals surface area contributed by atoms with Crippen molar-refractivity contribution in [3.05, 3.63) is 40.9 Å². The van der Waals surface area contributed by atoms with Crippen LogP contribution in [0.4, 0.5) is 0 Å². The van der Waals surface area contributed by atoms with Crippen LogP contribution in [0.5, 0.6) is 0 Å². The van der Waals surface area contributed by atoms with E-state index in [1.165, 1.54) is 0 Å². The summed E-state index contributed by atoms with van der Waals surface area (Å²) in [5.41, 5.74) is 8.79. The zero-order valence-corrected chi connectivity index (χ0v) is 11.4. The van der Waals surface area contributed by atoms with Gasteiger partial charge in [0.2, 0.25) is 0 Å². The fourth-order valence-electron chi connectivity index (χ4n) is 1.73. The molecule has 0 saturated heterocycles. The molecule has 0 saturated carbocycles. The number of hydrogen-bond acceptors (Lipinski definition) is 3. The van der Waals surface area contributed by atoms with E-state index in [-0.39, 0.29) is 6.04 Å². The predicted octanol–water partition coefficient (Wildman–Crippen LogP) is 2.51. The zero-order chi connectivity index (χ0) is 13.1. The highest BCUT2D eigenvalue weighted by atomic mass is 35.5. The molecule has 2 heterocycles. The Morgan fingerprint density at radius 1 is 1.44 bits per heavy atom. The lowest BCUT2D eigenvalue weighted by molar-refractivity contribution is 0.644. The average Bonchev–Trinajstić information content (AvgIpc) is 2.70. The van der Waals surface area contributed by atoms with E-state index >= 15 is 0 Å². The van der Waals surface area contributed by atoms with Crippen LogP contribution in [0.25, 0.3) is 5.69 Å². The van der Waals surface area contributed by atoms with Gasteiger partial charge in [0, 0.05) is 18.4 Å². The molecule has 0 fully saturated rings. The highest BCUT2D eigenvalue weighted by Gasteiger charge is 2.07. The first kappa shape index (κ1) is 13.1. The van der Waals surface area contributed by atoms with Crippen molar-refractivity contribution in [2.24, 2.45) is 5.73 Å². The van der Waals surface area contributed by atoms with Gasteiger partial charge in [0.25, 0.3) is 0 Å². The molecule has 2 N–H and O–H groups in total. The van der Waals surface area contributed by atoms with Crippen LogP contribution >= 0.6 is 11.6 Å². The van der Waals surface area contributed by atoms with Crippen LogP contribution < -0.4 is 5.73 Å². The van der Waals surface area contributed by atoms with Gasteiger partial charge in [-0.1, -0.05) is 18.5 Å². The van der Waals surface area contributed by atoms with Crippen molar-refractivity contribution in [1.82, 2.24) is 14.8 Å². The summed E-state index contributed by atoms with van der Waals surface area (Å²) in [7, 11) is 0. The lowest BCUT2D eigenvalue weighted by Gasteiger charge is -2.09. The molecule has 0 aliphatic rings. The first-order valence-electron chi connectivity index (χ1n) is 6.01. The third kappa shape index (κ3) is 2.89. The Balaban J connectivity index is 2.26. The summed E-state index contributed by atoms with van der Waals surface area (Å²) < 4.78 is 1.74. The van der Waals surface area contributed by atoms with Gasteiger partial charge in [0.05, 0.1) is 22.6 Å². The topological polar surface area (TPSA) is 56.7 Å². The molecule has 0 aliphatic heterocycles. The number of aryl methyl sites for hydroxylation is 1. The minimum atomic E-state index is 0.171. The minimum Gasteiger partial charge on any atom is -0.327 e. The molecule has 5 heteroatoms. The van der Waals surface area contributed by atoms with Crippen LogP contribution in [0.3, 0.4) is 0 Å². The van der Waals surface area contributed by atoms with Crippen LogP contribution in [0, 0.1) is 6.92 Å². The van der Waals surface area contributed by atoms with Gasteiger partial charge >= 0.3 is 0 Å². The van der Waals surface area contributed by atoms with Crippen LogP contribution in [0.1, 0.15) is 24.6 Å². The molecule has 2 rings (SSSR count). The number of halogens is 1. The van der Waals surface area contributed by atoms with E-state index in [1.54, 1.807) is 17.1 Å². The van der Waals surface area contributed by atoms with E-state index in [0.717, 1.165) is 29.8 Å². The van der Waals surface area contributed by atoms with E-state index in [0.29, 0.717) is 5.02 Å². The quantitative estimate of drug-likeness (QED) is 0.923. The third-order valence-electron chi connectivity index (χ3n) is 2.91. The molecule has 2 aromatic rings.